The molecule has 0 aliphatic heterocycles. The third-order valence-electron chi connectivity index (χ3n) is 2.54. The summed E-state index contributed by atoms with van der Waals surface area (Å²) in [7, 11) is 0. The van der Waals surface area contributed by atoms with Crippen molar-refractivity contribution in [1.29, 1.82) is 0 Å². The number of carbonyl (C=O) groups excluding carboxylic acids is 1. The maximum absolute atomic E-state index is 10.1. The first-order valence-corrected chi connectivity index (χ1v) is 4.77. The van der Waals surface area contributed by atoms with Crippen LogP contribution < -0.4 is 0 Å². The van der Waals surface area contributed by atoms with Crippen molar-refractivity contribution in [3.63, 3.8) is 0 Å². The first kappa shape index (κ1) is 9.72. The Labute approximate surface area is 74.3 Å². The van der Waals surface area contributed by atoms with Gasteiger partial charge in [-0.15, -0.1) is 0 Å². The number of aldehydes is 1. The summed E-state index contributed by atoms with van der Waals surface area (Å²) < 4.78 is 5.40. The van der Waals surface area contributed by atoms with Gasteiger partial charge < -0.3 is 9.53 Å². The van der Waals surface area contributed by atoms with E-state index in [4.69, 9.17) is 4.74 Å². The molecule has 0 heterocycles. The van der Waals surface area contributed by atoms with Crippen LogP contribution in [0.1, 0.15) is 33.1 Å². The molecule has 2 nitrogen and oxygen atoms in total. The molecule has 0 aromatic heterocycles. The summed E-state index contributed by atoms with van der Waals surface area (Å²) in [6, 6.07) is 0. The summed E-state index contributed by atoms with van der Waals surface area (Å²) in [6.07, 6.45) is 4.72. The molecule has 2 unspecified atom stereocenters. The maximum Gasteiger partial charge on any atom is 0.145 e. The average molecular weight is 170 g/mol. The van der Waals surface area contributed by atoms with Crippen molar-refractivity contribution in [2.75, 3.05) is 6.61 Å². The number of carbonyl (C=O) groups is 1. The fourth-order valence-corrected chi connectivity index (χ4v) is 2.18. The largest absolute Gasteiger partial charge is 0.371 e. The standard InChI is InChI=1S/C10H18O2/c1-8-5-9(2)7-10(6-8)12-4-3-11/h3,8-10H,4-7H2,1-2H3. The van der Waals surface area contributed by atoms with Gasteiger partial charge >= 0.3 is 0 Å². The van der Waals surface area contributed by atoms with E-state index in [1.165, 1.54) is 6.42 Å². The lowest BCUT2D eigenvalue weighted by Crippen LogP contribution is -2.26. The molecule has 1 aliphatic carbocycles. The zero-order chi connectivity index (χ0) is 8.97. The van der Waals surface area contributed by atoms with Crippen molar-refractivity contribution in [2.45, 2.75) is 39.2 Å². The number of hydrogen-bond donors (Lipinski definition) is 0. The molecule has 1 aliphatic rings. The van der Waals surface area contributed by atoms with Crippen molar-refractivity contribution in [1.82, 2.24) is 0 Å². The molecule has 0 bridgehead atoms. The first-order valence-electron chi connectivity index (χ1n) is 4.77. The van der Waals surface area contributed by atoms with E-state index in [9.17, 15) is 4.79 Å². The van der Waals surface area contributed by atoms with E-state index in [2.05, 4.69) is 13.8 Å². The van der Waals surface area contributed by atoms with E-state index in [-0.39, 0.29) is 6.61 Å². The van der Waals surface area contributed by atoms with Gasteiger partial charge in [-0.1, -0.05) is 13.8 Å². The molecule has 0 aromatic carbocycles. The SMILES string of the molecule is CC1CC(C)CC(OCC=O)C1. The summed E-state index contributed by atoms with van der Waals surface area (Å²) in [5, 5.41) is 0. The predicted octanol–water partition coefficient (Wildman–Crippen LogP) is 2.03. The highest BCUT2D eigenvalue weighted by molar-refractivity contribution is 5.50. The van der Waals surface area contributed by atoms with Gasteiger partial charge in [0, 0.05) is 0 Å². The molecule has 2 heteroatoms. The Balaban J connectivity index is 2.28. The third kappa shape index (κ3) is 2.94. The quantitative estimate of drug-likeness (QED) is 0.606. The van der Waals surface area contributed by atoms with Crippen LogP contribution in [0.15, 0.2) is 0 Å². The van der Waals surface area contributed by atoms with E-state index >= 15 is 0 Å². The number of hydrogen-bond acceptors (Lipinski definition) is 2. The number of rotatable bonds is 3. The van der Waals surface area contributed by atoms with Crippen LogP contribution in [0.5, 0.6) is 0 Å². The van der Waals surface area contributed by atoms with Gasteiger partial charge in [0.25, 0.3) is 0 Å². The van der Waals surface area contributed by atoms with Crippen molar-refractivity contribution in [3.05, 3.63) is 0 Å². The fraction of sp³-hybridized carbons (Fsp3) is 0.900. The van der Waals surface area contributed by atoms with Gasteiger partial charge in [0.1, 0.15) is 12.9 Å². The maximum atomic E-state index is 10.1. The van der Waals surface area contributed by atoms with E-state index < -0.39 is 0 Å². The normalized spacial score (nSPS) is 36.3. The molecule has 1 rings (SSSR count). The molecular formula is C10H18O2. The highest BCUT2D eigenvalue weighted by atomic mass is 16.5. The van der Waals surface area contributed by atoms with Crippen LogP contribution in [0.3, 0.4) is 0 Å². The molecule has 70 valence electrons. The second-order valence-electron chi connectivity index (χ2n) is 4.04. The fourth-order valence-electron chi connectivity index (χ4n) is 2.18. The van der Waals surface area contributed by atoms with Crippen molar-refractivity contribution >= 4 is 6.29 Å². The van der Waals surface area contributed by atoms with Gasteiger partial charge in [-0.3, -0.25) is 0 Å². The van der Waals surface area contributed by atoms with Gasteiger partial charge in [0.15, 0.2) is 0 Å². The van der Waals surface area contributed by atoms with Gasteiger partial charge in [-0.05, 0) is 31.1 Å². The molecule has 0 radical (unpaired) electrons. The average Bonchev–Trinajstić information content (AvgIpc) is 1.99. The number of ether oxygens (including phenoxy) is 1. The Kier molecular flexibility index (Phi) is 3.73. The molecule has 2 atom stereocenters. The Bertz CT molecular complexity index is 135. The van der Waals surface area contributed by atoms with Gasteiger partial charge in [0.2, 0.25) is 0 Å². The van der Waals surface area contributed by atoms with Crippen LogP contribution in [-0.2, 0) is 9.53 Å². The molecule has 0 amide bonds. The smallest absolute Gasteiger partial charge is 0.145 e. The van der Waals surface area contributed by atoms with Crippen molar-refractivity contribution in [2.24, 2.45) is 11.8 Å². The molecular weight excluding hydrogens is 152 g/mol. The van der Waals surface area contributed by atoms with E-state index in [1.54, 1.807) is 0 Å². The minimum atomic E-state index is 0.268. The van der Waals surface area contributed by atoms with Crippen LogP contribution in [0, 0.1) is 11.8 Å². The second kappa shape index (κ2) is 4.61. The van der Waals surface area contributed by atoms with Gasteiger partial charge in [-0.25, -0.2) is 0 Å². The highest BCUT2D eigenvalue weighted by Gasteiger charge is 2.23. The second-order valence-corrected chi connectivity index (χ2v) is 4.04. The lowest BCUT2D eigenvalue weighted by atomic mass is 9.82. The molecule has 12 heavy (non-hydrogen) atoms. The summed E-state index contributed by atoms with van der Waals surface area (Å²) >= 11 is 0. The minimum absolute atomic E-state index is 0.268. The lowest BCUT2D eigenvalue weighted by Gasteiger charge is -2.30. The monoisotopic (exact) mass is 170 g/mol. The first-order chi connectivity index (χ1) is 5.72. The highest BCUT2D eigenvalue weighted by Crippen LogP contribution is 2.29. The Morgan fingerprint density at radius 2 is 1.83 bits per heavy atom. The van der Waals surface area contributed by atoms with Crippen LogP contribution in [-0.4, -0.2) is 19.0 Å². The molecule has 0 spiro atoms. The third-order valence-corrected chi connectivity index (χ3v) is 2.54. The van der Waals surface area contributed by atoms with Crippen LogP contribution in [0.4, 0.5) is 0 Å². The minimum Gasteiger partial charge on any atom is -0.371 e. The molecule has 0 aromatic rings. The van der Waals surface area contributed by atoms with E-state index in [0.29, 0.717) is 6.10 Å². The van der Waals surface area contributed by atoms with Crippen molar-refractivity contribution < 1.29 is 9.53 Å². The molecule has 1 fully saturated rings. The summed E-state index contributed by atoms with van der Waals surface area (Å²) in [5.74, 6) is 1.51. The zero-order valence-electron chi connectivity index (χ0n) is 7.95. The van der Waals surface area contributed by atoms with E-state index in [1.807, 2.05) is 0 Å². The van der Waals surface area contributed by atoms with E-state index in [0.717, 1.165) is 31.0 Å². The van der Waals surface area contributed by atoms with Gasteiger partial charge in [0.05, 0.1) is 6.10 Å². The summed E-state index contributed by atoms with van der Waals surface area (Å²) in [4.78, 5) is 10.1. The van der Waals surface area contributed by atoms with Crippen LogP contribution in [0.25, 0.3) is 0 Å². The van der Waals surface area contributed by atoms with Gasteiger partial charge in [-0.2, -0.15) is 0 Å². The predicted molar refractivity (Wildman–Crippen MR) is 48.0 cm³/mol. The Morgan fingerprint density at radius 1 is 1.25 bits per heavy atom. The Hall–Kier alpha value is -0.370. The van der Waals surface area contributed by atoms with Crippen LogP contribution in [0.2, 0.25) is 0 Å². The van der Waals surface area contributed by atoms with Crippen LogP contribution >= 0.6 is 0 Å². The summed E-state index contributed by atoms with van der Waals surface area (Å²) in [6.45, 7) is 4.78. The molecule has 0 saturated heterocycles. The molecule has 0 N–H and O–H groups in total. The lowest BCUT2D eigenvalue weighted by molar-refractivity contribution is -0.115. The zero-order valence-corrected chi connectivity index (χ0v) is 7.95. The summed E-state index contributed by atoms with van der Waals surface area (Å²) in [5.41, 5.74) is 0. The van der Waals surface area contributed by atoms with Crippen molar-refractivity contribution in [3.8, 4) is 0 Å². The Morgan fingerprint density at radius 3 is 2.33 bits per heavy atom. The topological polar surface area (TPSA) is 26.3 Å². The molecule has 1 saturated carbocycles.